The van der Waals surface area contributed by atoms with Crippen LogP contribution in [0.5, 0.6) is 5.75 Å². The third-order valence-electron chi connectivity index (χ3n) is 6.64. The number of phenols is 1. The second-order valence-electron chi connectivity index (χ2n) is 8.67. The van der Waals surface area contributed by atoms with Gasteiger partial charge in [0.2, 0.25) is 0 Å². The Kier molecular flexibility index (Phi) is 9.07. The molecule has 0 amide bonds. The van der Waals surface area contributed by atoms with Gasteiger partial charge in [-0.25, -0.2) is 0 Å². The summed E-state index contributed by atoms with van der Waals surface area (Å²) < 4.78 is 5.23. The van der Waals surface area contributed by atoms with E-state index in [-0.39, 0.29) is 0 Å². The second-order valence-corrected chi connectivity index (χ2v) is 9.11. The molecule has 1 N–H and O–H groups in total. The standard InChI is InChI=1S/C23H38ClN3O2/c1-3-27-10-4-5-22(27)18-26(17-20-15-21(24)6-7-23(20)28)16-19-8-11-25(12-9-19)13-14-29-2/h6-7,15,19,22,28H,3-5,8-14,16-18H2,1-2H3. The zero-order chi connectivity index (χ0) is 20.6. The summed E-state index contributed by atoms with van der Waals surface area (Å²) in [5.41, 5.74) is 0.941. The van der Waals surface area contributed by atoms with E-state index in [2.05, 4.69) is 21.6 Å². The van der Waals surface area contributed by atoms with Crippen molar-refractivity contribution < 1.29 is 9.84 Å². The van der Waals surface area contributed by atoms with Gasteiger partial charge in [0.25, 0.3) is 0 Å². The maximum atomic E-state index is 10.4. The number of likely N-dealkylation sites (N-methyl/N-ethyl adjacent to an activating group) is 1. The minimum Gasteiger partial charge on any atom is -0.508 e. The molecule has 164 valence electrons. The molecule has 1 atom stereocenters. The monoisotopic (exact) mass is 423 g/mol. The molecule has 29 heavy (non-hydrogen) atoms. The van der Waals surface area contributed by atoms with E-state index in [9.17, 15) is 5.11 Å². The van der Waals surface area contributed by atoms with Gasteiger partial charge in [-0.1, -0.05) is 18.5 Å². The molecule has 5 nitrogen and oxygen atoms in total. The number of aromatic hydroxyl groups is 1. The molecule has 0 spiro atoms. The van der Waals surface area contributed by atoms with E-state index >= 15 is 0 Å². The van der Waals surface area contributed by atoms with Crippen LogP contribution in [0.25, 0.3) is 0 Å². The Morgan fingerprint density at radius 3 is 2.69 bits per heavy atom. The van der Waals surface area contributed by atoms with Gasteiger partial charge in [-0.05, 0) is 76.0 Å². The summed E-state index contributed by atoms with van der Waals surface area (Å²) in [4.78, 5) is 7.70. The maximum absolute atomic E-state index is 10.4. The van der Waals surface area contributed by atoms with Crippen LogP contribution in [0.2, 0.25) is 5.02 Å². The van der Waals surface area contributed by atoms with Gasteiger partial charge in [-0.2, -0.15) is 0 Å². The van der Waals surface area contributed by atoms with Crippen LogP contribution in [-0.2, 0) is 11.3 Å². The Labute approximate surface area is 181 Å². The summed E-state index contributed by atoms with van der Waals surface area (Å²) in [7, 11) is 1.78. The van der Waals surface area contributed by atoms with Gasteiger partial charge >= 0.3 is 0 Å². The maximum Gasteiger partial charge on any atom is 0.120 e. The van der Waals surface area contributed by atoms with Crippen molar-refractivity contribution in [3.8, 4) is 5.75 Å². The van der Waals surface area contributed by atoms with E-state index in [0.717, 1.165) is 58.0 Å². The summed E-state index contributed by atoms with van der Waals surface area (Å²) in [5, 5.41) is 11.0. The van der Waals surface area contributed by atoms with Crippen molar-refractivity contribution in [2.45, 2.75) is 45.2 Å². The summed E-state index contributed by atoms with van der Waals surface area (Å²) in [6.07, 6.45) is 5.06. The third kappa shape index (κ3) is 6.83. The summed E-state index contributed by atoms with van der Waals surface area (Å²) in [6.45, 7) is 11.7. The van der Waals surface area contributed by atoms with E-state index in [4.69, 9.17) is 16.3 Å². The fraction of sp³-hybridized carbons (Fsp3) is 0.739. The molecule has 2 aliphatic heterocycles. The zero-order valence-electron chi connectivity index (χ0n) is 18.2. The van der Waals surface area contributed by atoms with Crippen LogP contribution in [0.15, 0.2) is 18.2 Å². The molecule has 3 rings (SSSR count). The molecule has 6 heteroatoms. The largest absolute Gasteiger partial charge is 0.508 e. The SMILES string of the molecule is CCN1CCCC1CN(Cc1cc(Cl)ccc1O)CC1CCN(CCOC)CC1. The Morgan fingerprint density at radius 2 is 1.97 bits per heavy atom. The quantitative estimate of drug-likeness (QED) is 0.621. The van der Waals surface area contributed by atoms with Crippen LogP contribution in [0, 0.1) is 5.92 Å². The van der Waals surface area contributed by atoms with Gasteiger partial charge in [-0.3, -0.25) is 9.80 Å². The number of hydrogen-bond acceptors (Lipinski definition) is 5. The summed E-state index contributed by atoms with van der Waals surface area (Å²) in [6, 6.07) is 6.03. The second kappa shape index (κ2) is 11.5. The van der Waals surface area contributed by atoms with Gasteiger partial charge in [0.05, 0.1) is 6.61 Å². The highest BCUT2D eigenvalue weighted by Gasteiger charge is 2.28. The molecular formula is C23H38ClN3O2. The van der Waals surface area contributed by atoms with Crippen LogP contribution < -0.4 is 0 Å². The Balaban J connectivity index is 1.62. The third-order valence-corrected chi connectivity index (χ3v) is 6.88. The zero-order valence-corrected chi connectivity index (χ0v) is 18.9. The lowest BCUT2D eigenvalue weighted by atomic mass is 9.95. The average Bonchev–Trinajstić information content (AvgIpc) is 3.17. The first-order chi connectivity index (χ1) is 14.1. The molecule has 1 aromatic rings. The molecule has 2 fully saturated rings. The Hall–Kier alpha value is -0.850. The molecule has 1 aromatic carbocycles. The fourth-order valence-corrected chi connectivity index (χ4v) is 5.11. The van der Waals surface area contributed by atoms with Crippen LogP contribution in [-0.4, -0.2) is 85.4 Å². The number of benzene rings is 1. The first-order valence-corrected chi connectivity index (χ1v) is 11.6. The van der Waals surface area contributed by atoms with E-state index < -0.39 is 0 Å². The van der Waals surface area contributed by atoms with E-state index in [0.29, 0.717) is 22.7 Å². The predicted molar refractivity (Wildman–Crippen MR) is 120 cm³/mol. The highest BCUT2D eigenvalue weighted by atomic mass is 35.5. The van der Waals surface area contributed by atoms with E-state index in [1.54, 1.807) is 19.2 Å². The summed E-state index contributed by atoms with van der Waals surface area (Å²) >= 11 is 6.21. The van der Waals surface area contributed by atoms with Crippen molar-refractivity contribution in [2.24, 2.45) is 5.92 Å². The molecule has 2 aliphatic rings. The average molecular weight is 424 g/mol. The van der Waals surface area contributed by atoms with Crippen molar-refractivity contribution in [3.05, 3.63) is 28.8 Å². The number of nitrogens with zero attached hydrogens (tertiary/aromatic N) is 3. The molecule has 0 aliphatic carbocycles. The first kappa shape index (κ1) is 22.8. The highest BCUT2D eigenvalue weighted by molar-refractivity contribution is 6.30. The smallest absolute Gasteiger partial charge is 0.120 e. The van der Waals surface area contributed by atoms with Crippen molar-refractivity contribution in [3.63, 3.8) is 0 Å². The topological polar surface area (TPSA) is 39.2 Å². The van der Waals surface area contributed by atoms with Gasteiger partial charge in [0.1, 0.15) is 5.75 Å². The van der Waals surface area contributed by atoms with Crippen molar-refractivity contribution in [2.75, 3.05) is 59.5 Å². The van der Waals surface area contributed by atoms with Gasteiger partial charge in [-0.15, -0.1) is 0 Å². The van der Waals surface area contributed by atoms with E-state index in [1.165, 1.54) is 32.2 Å². The first-order valence-electron chi connectivity index (χ1n) is 11.2. The Morgan fingerprint density at radius 1 is 1.17 bits per heavy atom. The molecular weight excluding hydrogens is 386 g/mol. The van der Waals surface area contributed by atoms with Crippen LogP contribution in [0.1, 0.15) is 38.2 Å². The fourth-order valence-electron chi connectivity index (χ4n) is 4.92. The molecule has 1 unspecified atom stereocenters. The number of piperidine rings is 1. The molecule has 0 saturated carbocycles. The van der Waals surface area contributed by atoms with Crippen molar-refractivity contribution >= 4 is 11.6 Å². The number of halogens is 1. The van der Waals surface area contributed by atoms with Gasteiger partial charge < -0.3 is 14.7 Å². The lowest BCUT2D eigenvalue weighted by molar-refractivity contribution is 0.0962. The predicted octanol–water partition coefficient (Wildman–Crippen LogP) is 3.69. The van der Waals surface area contributed by atoms with Crippen molar-refractivity contribution in [1.82, 2.24) is 14.7 Å². The normalized spacial score (nSPS) is 22.0. The molecule has 0 radical (unpaired) electrons. The minimum absolute atomic E-state index is 0.354. The van der Waals surface area contributed by atoms with Gasteiger partial charge in [0, 0.05) is 49.9 Å². The molecule has 0 bridgehead atoms. The highest BCUT2D eigenvalue weighted by Crippen LogP contribution is 2.27. The summed E-state index contributed by atoms with van der Waals surface area (Å²) in [5.74, 6) is 1.07. The van der Waals surface area contributed by atoms with Crippen LogP contribution in [0.3, 0.4) is 0 Å². The number of rotatable bonds is 10. The number of methoxy groups -OCH3 is 1. The molecule has 2 heterocycles. The number of likely N-dealkylation sites (tertiary alicyclic amines) is 2. The molecule has 0 aromatic heterocycles. The number of hydrogen-bond donors (Lipinski definition) is 1. The number of phenolic OH excluding ortho intramolecular Hbond substituents is 1. The van der Waals surface area contributed by atoms with Gasteiger partial charge in [0.15, 0.2) is 0 Å². The van der Waals surface area contributed by atoms with Crippen LogP contribution >= 0.6 is 11.6 Å². The van der Waals surface area contributed by atoms with E-state index in [1.807, 2.05) is 6.07 Å². The lowest BCUT2D eigenvalue weighted by Gasteiger charge is -2.36. The molecule has 2 saturated heterocycles. The lowest BCUT2D eigenvalue weighted by Crippen LogP contribution is -2.44. The van der Waals surface area contributed by atoms with Crippen LogP contribution in [0.4, 0.5) is 0 Å². The minimum atomic E-state index is 0.354. The van der Waals surface area contributed by atoms with Crippen molar-refractivity contribution in [1.29, 1.82) is 0 Å². The number of ether oxygens (including phenoxy) is 1. The Bertz CT molecular complexity index is 622.